The van der Waals surface area contributed by atoms with E-state index < -0.39 is 8.07 Å². The Kier molecular flexibility index (Phi) is 3.72. The molecule has 94 valence electrons. The monoisotopic (exact) mass is 254 g/mol. The smallest absolute Gasteiger partial charge is 0.0695 e. The summed E-state index contributed by atoms with van der Waals surface area (Å²) in [7, 11) is -1.19. The van der Waals surface area contributed by atoms with Gasteiger partial charge < -0.3 is 0 Å². The topological polar surface area (TPSA) is 0 Å². The summed E-state index contributed by atoms with van der Waals surface area (Å²) < 4.78 is 0. The third kappa shape index (κ3) is 2.91. The number of benzene rings is 1. The molecule has 1 aromatic carbocycles. The standard InChI is InChI=1S/C17H22Si/c1-5-8-14-11-12-15(13-18(2,3)4)17-10-7-6-9-16(14)17/h5-7,9-14H,1,8H2,2-4H3/b15-13+. The van der Waals surface area contributed by atoms with Crippen molar-refractivity contribution in [1.82, 2.24) is 0 Å². The Morgan fingerprint density at radius 2 is 1.94 bits per heavy atom. The van der Waals surface area contributed by atoms with E-state index in [-0.39, 0.29) is 0 Å². The molecule has 0 heterocycles. The summed E-state index contributed by atoms with van der Waals surface area (Å²) in [5, 5.41) is 0. The summed E-state index contributed by atoms with van der Waals surface area (Å²) >= 11 is 0. The van der Waals surface area contributed by atoms with E-state index in [1.807, 2.05) is 6.08 Å². The van der Waals surface area contributed by atoms with Gasteiger partial charge in [-0.2, -0.15) is 0 Å². The van der Waals surface area contributed by atoms with E-state index in [0.717, 1.165) is 6.42 Å². The van der Waals surface area contributed by atoms with E-state index in [4.69, 9.17) is 0 Å². The minimum Gasteiger partial charge on any atom is -0.103 e. The van der Waals surface area contributed by atoms with Crippen molar-refractivity contribution >= 4 is 13.6 Å². The van der Waals surface area contributed by atoms with Crippen molar-refractivity contribution in [3.8, 4) is 0 Å². The van der Waals surface area contributed by atoms with E-state index in [2.05, 4.69) is 68.3 Å². The van der Waals surface area contributed by atoms with Crippen LogP contribution >= 0.6 is 0 Å². The SMILES string of the molecule is C=CCC1C=C/C(=C\[Si](C)(C)C)c2ccccc21. The number of hydrogen-bond donors (Lipinski definition) is 0. The van der Waals surface area contributed by atoms with Crippen LogP contribution in [0.5, 0.6) is 0 Å². The maximum Gasteiger partial charge on any atom is 0.0695 e. The fraction of sp³-hybridized carbons (Fsp3) is 0.294. The van der Waals surface area contributed by atoms with Crippen LogP contribution in [-0.2, 0) is 0 Å². The Bertz CT molecular complexity index is 501. The normalized spacial score (nSPS) is 20.8. The third-order valence-corrected chi connectivity index (χ3v) is 4.37. The lowest BCUT2D eigenvalue weighted by Crippen LogP contribution is -2.17. The maximum atomic E-state index is 3.86. The van der Waals surface area contributed by atoms with Gasteiger partial charge in [-0.25, -0.2) is 0 Å². The maximum absolute atomic E-state index is 3.86. The molecule has 0 aromatic heterocycles. The quantitative estimate of drug-likeness (QED) is 0.515. The number of rotatable bonds is 3. The van der Waals surface area contributed by atoms with Crippen LogP contribution in [0.2, 0.25) is 19.6 Å². The van der Waals surface area contributed by atoms with Crippen LogP contribution in [0, 0.1) is 0 Å². The molecule has 0 bridgehead atoms. The molecule has 2 rings (SSSR count). The van der Waals surface area contributed by atoms with Gasteiger partial charge in [0, 0.05) is 5.92 Å². The summed E-state index contributed by atoms with van der Waals surface area (Å²) in [6.45, 7) is 11.0. The zero-order chi connectivity index (χ0) is 13.2. The average molecular weight is 254 g/mol. The van der Waals surface area contributed by atoms with Gasteiger partial charge in [0.2, 0.25) is 0 Å². The molecule has 0 fully saturated rings. The van der Waals surface area contributed by atoms with E-state index in [9.17, 15) is 0 Å². The molecular weight excluding hydrogens is 232 g/mol. The molecule has 0 N–H and O–H groups in total. The minimum absolute atomic E-state index is 0.498. The first-order valence-electron chi connectivity index (χ1n) is 6.62. The molecule has 1 heteroatoms. The summed E-state index contributed by atoms with van der Waals surface area (Å²) in [5.41, 5.74) is 6.76. The molecule has 0 amide bonds. The van der Waals surface area contributed by atoms with Crippen LogP contribution in [0.3, 0.4) is 0 Å². The lowest BCUT2D eigenvalue weighted by Gasteiger charge is -2.23. The van der Waals surface area contributed by atoms with Crippen molar-refractivity contribution in [1.29, 1.82) is 0 Å². The first kappa shape index (κ1) is 13.1. The van der Waals surface area contributed by atoms with Gasteiger partial charge >= 0.3 is 0 Å². The number of fused-ring (bicyclic) bond motifs is 1. The minimum atomic E-state index is -1.19. The zero-order valence-corrected chi connectivity index (χ0v) is 12.6. The van der Waals surface area contributed by atoms with Crippen LogP contribution in [0.15, 0.2) is 54.8 Å². The van der Waals surface area contributed by atoms with Crippen LogP contribution in [0.1, 0.15) is 23.5 Å². The second-order valence-electron chi connectivity index (χ2n) is 6.04. The van der Waals surface area contributed by atoms with Crippen molar-refractivity contribution in [2.75, 3.05) is 0 Å². The molecule has 0 aliphatic heterocycles. The Balaban J connectivity index is 2.48. The van der Waals surface area contributed by atoms with E-state index >= 15 is 0 Å². The molecule has 1 aliphatic rings. The average Bonchev–Trinajstić information content (AvgIpc) is 2.31. The molecule has 1 atom stereocenters. The molecule has 0 radical (unpaired) electrons. The lowest BCUT2D eigenvalue weighted by atomic mass is 9.84. The second kappa shape index (κ2) is 5.11. The molecule has 0 saturated carbocycles. The van der Waals surface area contributed by atoms with Gasteiger partial charge in [0.25, 0.3) is 0 Å². The summed E-state index contributed by atoms with van der Waals surface area (Å²) in [4.78, 5) is 0. The number of allylic oxidation sites excluding steroid dienone is 4. The zero-order valence-electron chi connectivity index (χ0n) is 11.6. The molecule has 18 heavy (non-hydrogen) atoms. The number of hydrogen-bond acceptors (Lipinski definition) is 0. The van der Waals surface area contributed by atoms with Gasteiger partial charge in [-0.3, -0.25) is 0 Å². The van der Waals surface area contributed by atoms with Gasteiger partial charge in [-0.1, -0.05) is 67.8 Å². The van der Waals surface area contributed by atoms with Crippen LogP contribution in [0.25, 0.3) is 5.57 Å². The van der Waals surface area contributed by atoms with Crippen molar-refractivity contribution in [2.45, 2.75) is 32.0 Å². The third-order valence-electron chi connectivity index (χ3n) is 3.19. The van der Waals surface area contributed by atoms with Gasteiger partial charge in [-0.05, 0) is 23.1 Å². The lowest BCUT2D eigenvalue weighted by molar-refractivity contribution is 0.855. The van der Waals surface area contributed by atoms with Crippen molar-refractivity contribution in [2.24, 2.45) is 0 Å². The van der Waals surface area contributed by atoms with Gasteiger partial charge in [0.1, 0.15) is 0 Å². The Labute approximate surface area is 112 Å². The van der Waals surface area contributed by atoms with Gasteiger partial charge in [0.15, 0.2) is 0 Å². The largest absolute Gasteiger partial charge is 0.103 e. The summed E-state index contributed by atoms with van der Waals surface area (Å²) in [5.74, 6) is 0.498. The summed E-state index contributed by atoms with van der Waals surface area (Å²) in [6, 6.07) is 8.78. The predicted octanol–water partition coefficient (Wildman–Crippen LogP) is 5.18. The van der Waals surface area contributed by atoms with Crippen LogP contribution in [-0.4, -0.2) is 8.07 Å². The highest BCUT2D eigenvalue weighted by Crippen LogP contribution is 2.35. The first-order chi connectivity index (χ1) is 8.51. The van der Waals surface area contributed by atoms with E-state index in [1.165, 1.54) is 16.7 Å². The Hall–Kier alpha value is -1.34. The van der Waals surface area contributed by atoms with E-state index in [0.29, 0.717) is 5.92 Å². The summed E-state index contributed by atoms with van der Waals surface area (Å²) in [6.07, 6.45) is 7.66. The van der Waals surface area contributed by atoms with Gasteiger partial charge in [-0.15, -0.1) is 6.58 Å². The van der Waals surface area contributed by atoms with Gasteiger partial charge in [0.05, 0.1) is 8.07 Å². The highest BCUT2D eigenvalue weighted by atomic mass is 28.3. The highest BCUT2D eigenvalue weighted by molar-refractivity contribution is 6.81. The highest BCUT2D eigenvalue weighted by Gasteiger charge is 2.19. The van der Waals surface area contributed by atoms with E-state index in [1.54, 1.807) is 0 Å². The second-order valence-corrected chi connectivity index (χ2v) is 11.1. The molecule has 1 aromatic rings. The molecule has 0 nitrogen and oxygen atoms in total. The fourth-order valence-electron chi connectivity index (χ4n) is 2.47. The predicted molar refractivity (Wildman–Crippen MR) is 84.5 cm³/mol. The fourth-order valence-corrected chi connectivity index (χ4v) is 3.66. The molecule has 1 unspecified atom stereocenters. The van der Waals surface area contributed by atoms with Crippen molar-refractivity contribution in [3.63, 3.8) is 0 Å². The van der Waals surface area contributed by atoms with Crippen LogP contribution < -0.4 is 0 Å². The van der Waals surface area contributed by atoms with Crippen LogP contribution in [0.4, 0.5) is 0 Å². The van der Waals surface area contributed by atoms with Crippen molar-refractivity contribution < 1.29 is 0 Å². The Morgan fingerprint density at radius 3 is 2.61 bits per heavy atom. The first-order valence-corrected chi connectivity index (χ1v) is 10.2. The molecule has 0 saturated heterocycles. The molecular formula is C17H22Si. The van der Waals surface area contributed by atoms with Crippen molar-refractivity contribution in [3.05, 3.63) is 65.9 Å². The molecule has 0 spiro atoms. The molecule has 1 aliphatic carbocycles. The Morgan fingerprint density at radius 1 is 1.22 bits per heavy atom.